The fourth-order valence-corrected chi connectivity index (χ4v) is 5.17. The van der Waals surface area contributed by atoms with Gasteiger partial charge < -0.3 is 10.5 Å². The first-order chi connectivity index (χ1) is 15.1. The van der Waals surface area contributed by atoms with Crippen molar-refractivity contribution < 1.29 is 4.74 Å². The van der Waals surface area contributed by atoms with Crippen LogP contribution in [0.2, 0.25) is 5.02 Å². The van der Waals surface area contributed by atoms with E-state index in [0.717, 1.165) is 47.8 Å². The van der Waals surface area contributed by atoms with Crippen molar-refractivity contribution in [1.29, 1.82) is 0 Å². The van der Waals surface area contributed by atoms with Gasteiger partial charge in [0.05, 0.1) is 22.8 Å². The normalized spacial score (nSPS) is 17.5. The number of nitrogens with two attached hydrogens (primary N) is 1. The second kappa shape index (κ2) is 8.08. The molecule has 0 amide bonds. The van der Waals surface area contributed by atoms with Gasteiger partial charge in [-0.1, -0.05) is 35.6 Å². The van der Waals surface area contributed by atoms with Gasteiger partial charge in [-0.25, -0.2) is 15.0 Å². The van der Waals surface area contributed by atoms with Crippen molar-refractivity contribution in [2.45, 2.75) is 31.1 Å². The van der Waals surface area contributed by atoms with Crippen molar-refractivity contribution >= 4 is 34.5 Å². The summed E-state index contributed by atoms with van der Waals surface area (Å²) >= 11 is 8.12. The lowest BCUT2D eigenvalue weighted by Gasteiger charge is -2.33. The Kier molecular flexibility index (Phi) is 5.27. The lowest BCUT2D eigenvalue weighted by Crippen LogP contribution is -2.30. The van der Waals surface area contributed by atoms with Gasteiger partial charge in [0.2, 0.25) is 5.95 Å². The highest BCUT2D eigenvalue weighted by molar-refractivity contribution is 7.09. The number of hydrogen-bond acceptors (Lipinski definition) is 6. The van der Waals surface area contributed by atoms with Crippen LogP contribution in [-0.2, 0) is 10.2 Å². The van der Waals surface area contributed by atoms with E-state index in [1.807, 2.05) is 11.6 Å². The van der Waals surface area contributed by atoms with E-state index in [4.69, 9.17) is 22.1 Å². The molecule has 1 aliphatic heterocycles. The third-order valence-electron chi connectivity index (χ3n) is 5.92. The Hall–Kier alpha value is -2.72. The van der Waals surface area contributed by atoms with E-state index < -0.39 is 0 Å². The molecule has 3 heterocycles. The summed E-state index contributed by atoms with van der Waals surface area (Å²) in [5, 5.41) is 3.49. The molecule has 1 aromatic carbocycles. The maximum atomic E-state index is 6.49. The molecule has 5 nitrogen and oxygen atoms in total. The molecule has 0 radical (unpaired) electrons. The predicted octanol–water partition coefficient (Wildman–Crippen LogP) is 4.82. The molecule has 5 rings (SSSR count). The number of halogens is 1. The number of hydrogen-bond donors (Lipinski definition) is 1. The average molecular weight is 449 g/mol. The number of nitrogens with zero attached hydrogens (tertiary/aromatic N) is 3. The van der Waals surface area contributed by atoms with Crippen molar-refractivity contribution in [3.05, 3.63) is 74.5 Å². The molecule has 3 aromatic rings. The third-order valence-corrected chi connectivity index (χ3v) is 7.16. The molecular formula is C24H21ClN4OS. The van der Waals surface area contributed by atoms with Crippen LogP contribution in [0.15, 0.2) is 42.0 Å². The Labute approximate surface area is 190 Å². The van der Waals surface area contributed by atoms with Crippen molar-refractivity contribution in [2.24, 2.45) is 0 Å². The van der Waals surface area contributed by atoms with E-state index in [1.54, 1.807) is 17.5 Å². The van der Waals surface area contributed by atoms with E-state index in [0.29, 0.717) is 10.7 Å². The summed E-state index contributed by atoms with van der Waals surface area (Å²) in [6, 6.07) is 6.44. The molecule has 1 aliphatic carbocycles. The van der Waals surface area contributed by atoms with Gasteiger partial charge >= 0.3 is 0 Å². The Balaban J connectivity index is 1.59. The van der Waals surface area contributed by atoms with Crippen LogP contribution in [0.1, 0.15) is 53.1 Å². The van der Waals surface area contributed by atoms with Gasteiger partial charge in [0.25, 0.3) is 0 Å². The number of aromatic nitrogens is 3. The summed E-state index contributed by atoms with van der Waals surface area (Å²) in [4.78, 5) is 12.9. The molecule has 1 atom stereocenters. The second-order valence-corrected chi connectivity index (χ2v) is 9.21. The number of rotatable bonds is 2. The molecule has 2 aliphatic rings. The molecule has 0 bridgehead atoms. The summed E-state index contributed by atoms with van der Waals surface area (Å²) < 4.78 is 5.65. The zero-order valence-electron chi connectivity index (χ0n) is 17.1. The fourth-order valence-electron chi connectivity index (χ4n) is 4.33. The molecule has 1 spiro atoms. The van der Waals surface area contributed by atoms with E-state index in [9.17, 15) is 0 Å². The minimum absolute atomic E-state index is 0.0773. The van der Waals surface area contributed by atoms with Gasteiger partial charge in [-0.3, -0.25) is 0 Å². The monoisotopic (exact) mass is 448 g/mol. The third kappa shape index (κ3) is 3.74. The smallest absolute Gasteiger partial charge is 0.220 e. The van der Waals surface area contributed by atoms with Crippen LogP contribution in [-0.4, -0.2) is 28.2 Å². The molecule has 31 heavy (non-hydrogen) atoms. The van der Waals surface area contributed by atoms with Crippen molar-refractivity contribution in [3.63, 3.8) is 0 Å². The topological polar surface area (TPSA) is 73.9 Å². The highest BCUT2D eigenvalue weighted by Gasteiger charge is 2.40. The number of thiazole rings is 1. The molecule has 7 heteroatoms. The molecule has 0 saturated carbocycles. The number of anilines is 1. The SMILES string of the molecule is CC(C#Cc1ccc2c(c1)C(c1nc(N)ncc1Cl)=CC21CCOCC1)c1nccs1. The van der Waals surface area contributed by atoms with Crippen molar-refractivity contribution in [3.8, 4) is 11.8 Å². The van der Waals surface area contributed by atoms with Gasteiger partial charge in [0.15, 0.2) is 0 Å². The van der Waals surface area contributed by atoms with Gasteiger partial charge in [-0.05, 0) is 43.0 Å². The Bertz CT molecular complexity index is 1220. The number of benzene rings is 1. The highest BCUT2D eigenvalue weighted by Crippen LogP contribution is 2.49. The van der Waals surface area contributed by atoms with Crippen LogP contribution in [0.4, 0.5) is 5.95 Å². The quantitative estimate of drug-likeness (QED) is 0.569. The lowest BCUT2D eigenvalue weighted by atomic mass is 9.76. The maximum Gasteiger partial charge on any atom is 0.220 e. The summed E-state index contributed by atoms with van der Waals surface area (Å²) in [7, 11) is 0. The van der Waals surface area contributed by atoms with Gasteiger partial charge in [0.1, 0.15) is 5.01 Å². The predicted molar refractivity (Wildman–Crippen MR) is 124 cm³/mol. The van der Waals surface area contributed by atoms with Crippen LogP contribution in [0.3, 0.4) is 0 Å². The first-order valence-electron chi connectivity index (χ1n) is 10.2. The number of ether oxygens (including phenoxy) is 1. The maximum absolute atomic E-state index is 6.49. The van der Waals surface area contributed by atoms with Crippen LogP contribution in [0, 0.1) is 11.8 Å². The summed E-state index contributed by atoms with van der Waals surface area (Å²) in [6.45, 7) is 3.54. The van der Waals surface area contributed by atoms with E-state index in [-0.39, 0.29) is 17.3 Å². The van der Waals surface area contributed by atoms with Crippen LogP contribution < -0.4 is 5.73 Å². The Morgan fingerprint density at radius 1 is 1.26 bits per heavy atom. The molecular weight excluding hydrogens is 428 g/mol. The van der Waals surface area contributed by atoms with Gasteiger partial charge in [0, 0.05) is 41.3 Å². The van der Waals surface area contributed by atoms with E-state index in [1.165, 1.54) is 5.56 Å². The van der Waals surface area contributed by atoms with Crippen LogP contribution in [0.25, 0.3) is 5.57 Å². The zero-order valence-corrected chi connectivity index (χ0v) is 18.6. The molecule has 156 valence electrons. The molecule has 1 fully saturated rings. The summed E-state index contributed by atoms with van der Waals surface area (Å²) in [6.07, 6.45) is 7.52. The molecule has 2 N–H and O–H groups in total. The summed E-state index contributed by atoms with van der Waals surface area (Å²) in [5.41, 5.74) is 10.8. The van der Waals surface area contributed by atoms with Gasteiger partial charge in [-0.15, -0.1) is 11.3 Å². The van der Waals surface area contributed by atoms with Crippen LogP contribution >= 0.6 is 22.9 Å². The number of allylic oxidation sites excluding steroid dienone is 1. The minimum Gasteiger partial charge on any atom is -0.381 e. The zero-order chi connectivity index (χ0) is 21.4. The lowest BCUT2D eigenvalue weighted by molar-refractivity contribution is 0.0662. The number of fused-ring (bicyclic) bond motifs is 2. The van der Waals surface area contributed by atoms with Gasteiger partial charge in [-0.2, -0.15) is 0 Å². The standard InChI is InChI=1S/C24H21ClN4OS/c1-15(22-27-8-11-31-22)2-3-16-4-5-19-17(12-16)18(13-24(19)6-9-30-10-7-24)21-20(25)14-28-23(26)29-21/h4-5,8,11-15H,6-7,9-10H2,1H3,(H2,26,28,29). The molecule has 2 aromatic heterocycles. The van der Waals surface area contributed by atoms with E-state index >= 15 is 0 Å². The van der Waals surface area contributed by atoms with Crippen molar-refractivity contribution in [1.82, 2.24) is 15.0 Å². The highest BCUT2D eigenvalue weighted by atomic mass is 35.5. The Morgan fingerprint density at radius 2 is 2.10 bits per heavy atom. The first kappa shape index (κ1) is 20.2. The van der Waals surface area contributed by atoms with E-state index in [2.05, 4.69) is 58.0 Å². The molecule has 1 saturated heterocycles. The largest absolute Gasteiger partial charge is 0.381 e. The number of nitrogen functional groups attached to an aromatic ring is 1. The Morgan fingerprint density at radius 3 is 2.87 bits per heavy atom. The second-order valence-electron chi connectivity index (χ2n) is 7.87. The first-order valence-corrected chi connectivity index (χ1v) is 11.5. The fraction of sp³-hybridized carbons (Fsp3) is 0.292. The average Bonchev–Trinajstić information content (AvgIpc) is 3.42. The van der Waals surface area contributed by atoms with Crippen molar-refractivity contribution in [2.75, 3.05) is 18.9 Å². The van der Waals surface area contributed by atoms with Crippen LogP contribution in [0.5, 0.6) is 0 Å². The summed E-state index contributed by atoms with van der Waals surface area (Å²) in [5.74, 6) is 6.95. The molecule has 1 unspecified atom stereocenters. The minimum atomic E-state index is -0.0773.